The summed E-state index contributed by atoms with van der Waals surface area (Å²) < 4.78 is 4.35. The van der Waals surface area contributed by atoms with Gasteiger partial charge >= 0.3 is 38.1 Å². The summed E-state index contributed by atoms with van der Waals surface area (Å²) in [4.78, 5) is 21.7. The standard InChI is InChI=1S/C8H4O3.Zr/c9-7-5-3-1-2-4-6(5)8(10)11-7;/h1-4H;/q;+2. The van der Waals surface area contributed by atoms with Crippen molar-refractivity contribution in [2.24, 2.45) is 0 Å². The van der Waals surface area contributed by atoms with Gasteiger partial charge < -0.3 is 4.74 Å². The predicted octanol–water partition coefficient (Wildman–Crippen LogP) is 0.995. The Morgan fingerprint density at radius 3 is 1.75 bits per heavy atom. The van der Waals surface area contributed by atoms with Crippen LogP contribution in [-0.4, -0.2) is 11.9 Å². The molecular weight excluding hydrogens is 235 g/mol. The van der Waals surface area contributed by atoms with Gasteiger partial charge in [0.05, 0.1) is 11.1 Å². The number of esters is 2. The fourth-order valence-corrected chi connectivity index (χ4v) is 1.03. The van der Waals surface area contributed by atoms with Gasteiger partial charge in [-0.3, -0.25) is 0 Å². The van der Waals surface area contributed by atoms with Gasteiger partial charge in [0, 0.05) is 0 Å². The molecule has 1 aliphatic heterocycles. The van der Waals surface area contributed by atoms with E-state index in [0.717, 1.165) is 0 Å². The molecule has 12 heavy (non-hydrogen) atoms. The van der Waals surface area contributed by atoms with Crippen LogP contribution in [0, 0.1) is 0 Å². The van der Waals surface area contributed by atoms with Gasteiger partial charge in [-0.1, -0.05) is 12.1 Å². The molecule has 0 amide bonds. The van der Waals surface area contributed by atoms with Crippen molar-refractivity contribution >= 4 is 11.9 Å². The van der Waals surface area contributed by atoms with Crippen LogP contribution in [0.25, 0.3) is 0 Å². The number of benzene rings is 1. The van der Waals surface area contributed by atoms with Crippen molar-refractivity contribution in [2.75, 3.05) is 0 Å². The van der Waals surface area contributed by atoms with Crippen LogP contribution in [-0.2, 0) is 30.9 Å². The fourth-order valence-electron chi connectivity index (χ4n) is 1.03. The molecule has 0 saturated carbocycles. The van der Waals surface area contributed by atoms with E-state index in [-0.39, 0.29) is 26.2 Å². The quantitative estimate of drug-likeness (QED) is 0.501. The Balaban J connectivity index is 0.000000720. The molecule has 1 aromatic carbocycles. The van der Waals surface area contributed by atoms with Crippen LogP contribution in [0.1, 0.15) is 20.7 Å². The van der Waals surface area contributed by atoms with Gasteiger partial charge in [0.2, 0.25) is 0 Å². The van der Waals surface area contributed by atoms with Crippen LogP contribution in [0.4, 0.5) is 0 Å². The number of fused-ring (bicyclic) bond motifs is 1. The molecule has 2 rings (SSSR count). The van der Waals surface area contributed by atoms with E-state index in [9.17, 15) is 9.59 Å². The molecule has 1 aliphatic rings. The molecule has 0 bridgehead atoms. The summed E-state index contributed by atoms with van der Waals surface area (Å²) >= 11 is 0. The van der Waals surface area contributed by atoms with E-state index in [1.54, 1.807) is 24.3 Å². The zero-order valence-corrected chi connectivity index (χ0v) is 8.49. The second-order valence-corrected chi connectivity index (χ2v) is 2.22. The second-order valence-electron chi connectivity index (χ2n) is 2.22. The van der Waals surface area contributed by atoms with Crippen molar-refractivity contribution in [3.8, 4) is 0 Å². The van der Waals surface area contributed by atoms with Crippen LogP contribution in [0.3, 0.4) is 0 Å². The first kappa shape index (κ1) is 9.33. The minimum atomic E-state index is -0.550. The summed E-state index contributed by atoms with van der Waals surface area (Å²) in [5, 5.41) is 0. The zero-order chi connectivity index (χ0) is 7.84. The van der Waals surface area contributed by atoms with E-state index in [4.69, 9.17) is 0 Å². The van der Waals surface area contributed by atoms with Crippen molar-refractivity contribution < 1.29 is 40.5 Å². The topological polar surface area (TPSA) is 43.4 Å². The van der Waals surface area contributed by atoms with Crippen molar-refractivity contribution in [1.29, 1.82) is 0 Å². The Morgan fingerprint density at radius 1 is 0.917 bits per heavy atom. The zero-order valence-electron chi connectivity index (χ0n) is 6.03. The average Bonchev–Trinajstić information content (AvgIpc) is 2.30. The van der Waals surface area contributed by atoms with Crippen LogP contribution in [0.5, 0.6) is 0 Å². The van der Waals surface area contributed by atoms with Crippen molar-refractivity contribution in [3.63, 3.8) is 0 Å². The number of hydrogen-bond donors (Lipinski definition) is 0. The molecule has 0 radical (unpaired) electrons. The third-order valence-electron chi connectivity index (χ3n) is 1.55. The van der Waals surface area contributed by atoms with Gasteiger partial charge in [-0.2, -0.15) is 0 Å². The van der Waals surface area contributed by atoms with Crippen LogP contribution in [0.2, 0.25) is 0 Å². The first-order valence-corrected chi connectivity index (χ1v) is 3.14. The first-order chi connectivity index (χ1) is 5.29. The molecule has 3 nitrogen and oxygen atoms in total. The van der Waals surface area contributed by atoms with Crippen LogP contribution < -0.4 is 0 Å². The third-order valence-corrected chi connectivity index (χ3v) is 1.55. The smallest absolute Gasteiger partial charge is 0.386 e. The summed E-state index contributed by atoms with van der Waals surface area (Å²) in [6.45, 7) is 0. The molecule has 0 N–H and O–H groups in total. The maximum absolute atomic E-state index is 10.8. The van der Waals surface area contributed by atoms with Crippen molar-refractivity contribution in [2.45, 2.75) is 0 Å². The summed E-state index contributed by atoms with van der Waals surface area (Å²) in [5.41, 5.74) is 0.718. The van der Waals surface area contributed by atoms with E-state index >= 15 is 0 Å². The fraction of sp³-hybridized carbons (Fsp3) is 0. The van der Waals surface area contributed by atoms with Crippen molar-refractivity contribution in [3.05, 3.63) is 35.4 Å². The van der Waals surface area contributed by atoms with E-state index in [1.807, 2.05) is 0 Å². The van der Waals surface area contributed by atoms with Gasteiger partial charge in [0.1, 0.15) is 0 Å². The number of carbonyl (C=O) groups is 2. The Hall–Kier alpha value is -0.757. The van der Waals surface area contributed by atoms with Gasteiger partial charge in [0.25, 0.3) is 0 Å². The molecule has 0 saturated heterocycles. The SMILES string of the molecule is O=C1OC(=O)c2ccccc21.[Zr+2]. The molecule has 0 fully saturated rings. The van der Waals surface area contributed by atoms with Crippen molar-refractivity contribution in [1.82, 2.24) is 0 Å². The molecule has 4 heteroatoms. The van der Waals surface area contributed by atoms with Gasteiger partial charge in [-0.25, -0.2) is 9.59 Å². The number of cyclic esters (lactones) is 2. The van der Waals surface area contributed by atoms with Gasteiger partial charge in [0.15, 0.2) is 0 Å². The first-order valence-electron chi connectivity index (χ1n) is 3.14. The second kappa shape index (κ2) is 3.32. The summed E-state index contributed by atoms with van der Waals surface area (Å²) in [6, 6.07) is 6.53. The number of carbonyl (C=O) groups excluding carboxylic acids is 2. The monoisotopic (exact) mass is 238 g/mol. The number of hydrogen-bond acceptors (Lipinski definition) is 3. The normalized spacial score (nSPS) is 13.3. The Labute approximate surface area is 87.8 Å². The van der Waals surface area contributed by atoms with E-state index in [0.29, 0.717) is 11.1 Å². The van der Waals surface area contributed by atoms with Crippen LogP contribution >= 0.6 is 0 Å². The Bertz CT molecular complexity index is 313. The molecule has 1 aromatic rings. The molecule has 0 aliphatic carbocycles. The van der Waals surface area contributed by atoms with E-state index in [1.165, 1.54) is 0 Å². The molecule has 0 unspecified atom stereocenters. The van der Waals surface area contributed by atoms with Crippen LogP contribution in [0.15, 0.2) is 24.3 Å². The predicted molar refractivity (Wildman–Crippen MR) is 36.2 cm³/mol. The average molecular weight is 239 g/mol. The molecule has 56 valence electrons. The summed E-state index contributed by atoms with van der Waals surface area (Å²) in [6.07, 6.45) is 0. The Morgan fingerprint density at radius 2 is 1.33 bits per heavy atom. The minimum Gasteiger partial charge on any atom is -0.386 e. The van der Waals surface area contributed by atoms with Gasteiger partial charge in [-0.15, -0.1) is 0 Å². The van der Waals surface area contributed by atoms with Gasteiger partial charge in [-0.05, 0) is 12.1 Å². The molecule has 0 aromatic heterocycles. The molecule has 1 heterocycles. The third kappa shape index (κ3) is 1.27. The van der Waals surface area contributed by atoms with E-state index < -0.39 is 11.9 Å². The molecule has 0 spiro atoms. The molecular formula is C8H4O3Zr+2. The maximum Gasteiger partial charge on any atom is 2.00 e. The summed E-state index contributed by atoms with van der Waals surface area (Å²) in [7, 11) is 0. The minimum absolute atomic E-state index is 0. The van der Waals surface area contributed by atoms with E-state index in [2.05, 4.69) is 4.74 Å². The number of rotatable bonds is 0. The summed E-state index contributed by atoms with van der Waals surface area (Å²) in [5.74, 6) is -1.10. The Kier molecular flexibility index (Phi) is 2.58. The largest absolute Gasteiger partial charge is 2.00 e. The number of ether oxygens (including phenoxy) is 1. The maximum atomic E-state index is 10.8. The molecule has 0 atom stereocenters.